The third-order valence-electron chi connectivity index (χ3n) is 4.51. The molecule has 0 bridgehead atoms. The molecule has 29 heavy (non-hydrogen) atoms. The quantitative estimate of drug-likeness (QED) is 0.322. The number of hydrogen-bond donors (Lipinski definition) is 0. The number of nitriles is 1. The Bertz CT molecular complexity index is 1130. The Hall–Kier alpha value is -3.48. The third kappa shape index (κ3) is 4.68. The van der Waals surface area contributed by atoms with Crippen LogP contribution in [-0.4, -0.2) is 0 Å². The van der Waals surface area contributed by atoms with E-state index in [-0.39, 0.29) is 0 Å². The molecule has 0 atom stereocenters. The number of benzene rings is 4. The molecule has 0 amide bonds. The fraction of sp³-hybridized carbons (Fsp3) is 0.0385. The molecule has 0 heterocycles. The van der Waals surface area contributed by atoms with Crippen LogP contribution in [0.1, 0.15) is 11.1 Å². The van der Waals surface area contributed by atoms with Gasteiger partial charge in [-0.05, 0) is 35.4 Å². The van der Waals surface area contributed by atoms with E-state index in [1.807, 2.05) is 78.9 Å². The average molecular weight is 394 g/mol. The van der Waals surface area contributed by atoms with Crippen molar-refractivity contribution in [2.45, 2.75) is 10.6 Å². The Kier molecular flexibility index (Phi) is 5.95. The summed E-state index contributed by atoms with van der Waals surface area (Å²) in [5.41, 5.74) is 3.87. The summed E-state index contributed by atoms with van der Waals surface area (Å²) >= 11 is 1.71. The molecule has 0 saturated heterocycles. The predicted molar refractivity (Wildman–Crippen MR) is 119 cm³/mol. The molecule has 4 rings (SSSR count). The van der Waals surface area contributed by atoms with Crippen LogP contribution in [-0.2, 0) is 5.75 Å². The molecule has 0 aromatic heterocycles. The van der Waals surface area contributed by atoms with Crippen molar-refractivity contribution < 1.29 is 4.74 Å². The van der Waals surface area contributed by atoms with Gasteiger partial charge in [0.25, 0.3) is 0 Å². The van der Waals surface area contributed by atoms with Gasteiger partial charge >= 0.3 is 0 Å². The van der Waals surface area contributed by atoms with Crippen molar-refractivity contribution >= 4 is 11.8 Å². The summed E-state index contributed by atoms with van der Waals surface area (Å²) in [7, 11) is 0. The molecule has 4 aromatic carbocycles. The number of para-hydroxylation sites is 1. The zero-order valence-electron chi connectivity index (χ0n) is 15.8. The summed E-state index contributed by atoms with van der Waals surface area (Å²) in [6, 6.07) is 36.4. The van der Waals surface area contributed by atoms with Gasteiger partial charge in [-0.3, -0.25) is 0 Å². The monoisotopic (exact) mass is 393 g/mol. The van der Waals surface area contributed by atoms with Crippen LogP contribution < -0.4 is 4.74 Å². The van der Waals surface area contributed by atoms with E-state index in [1.165, 1.54) is 5.56 Å². The lowest BCUT2D eigenvalue weighted by Gasteiger charge is -2.13. The fourth-order valence-corrected chi connectivity index (χ4v) is 3.94. The first-order valence-electron chi connectivity index (χ1n) is 9.36. The van der Waals surface area contributed by atoms with Gasteiger partial charge in [0.2, 0.25) is 0 Å². The van der Waals surface area contributed by atoms with Crippen LogP contribution in [0.25, 0.3) is 11.1 Å². The zero-order valence-corrected chi connectivity index (χ0v) is 16.6. The topological polar surface area (TPSA) is 33.0 Å². The standard InChI is InChI=1S/C26H19NOS/c27-18-22-17-23(29-19-20-9-3-1-4-10-20)15-16-25(22)28-26-14-8-7-13-24(26)21-11-5-2-6-12-21/h1-17H,19H2. The summed E-state index contributed by atoms with van der Waals surface area (Å²) in [6.45, 7) is 0. The van der Waals surface area contributed by atoms with Crippen LogP contribution in [0.5, 0.6) is 11.5 Å². The van der Waals surface area contributed by atoms with Gasteiger partial charge in [-0.15, -0.1) is 11.8 Å². The van der Waals surface area contributed by atoms with E-state index in [2.05, 4.69) is 30.3 Å². The number of nitrogens with zero attached hydrogens (tertiary/aromatic N) is 1. The third-order valence-corrected chi connectivity index (χ3v) is 5.58. The van der Waals surface area contributed by atoms with E-state index in [4.69, 9.17) is 4.74 Å². The van der Waals surface area contributed by atoms with E-state index in [0.29, 0.717) is 11.3 Å². The molecule has 0 aliphatic carbocycles. The maximum atomic E-state index is 9.65. The molecule has 0 N–H and O–H groups in total. The van der Waals surface area contributed by atoms with Crippen LogP contribution in [0.15, 0.2) is 108 Å². The minimum atomic E-state index is 0.533. The first-order chi connectivity index (χ1) is 14.3. The highest BCUT2D eigenvalue weighted by Crippen LogP contribution is 2.35. The van der Waals surface area contributed by atoms with Gasteiger partial charge < -0.3 is 4.74 Å². The normalized spacial score (nSPS) is 10.3. The maximum Gasteiger partial charge on any atom is 0.145 e. The molecule has 0 aliphatic rings. The Labute approximate surface area is 175 Å². The average Bonchev–Trinajstić information content (AvgIpc) is 2.80. The number of thioether (sulfide) groups is 1. The van der Waals surface area contributed by atoms with Crippen molar-refractivity contribution in [2.75, 3.05) is 0 Å². The Morgan fingerprint density at radius 2 is 1.41 bits per heavy atom. The second-order valence-corrected chi connectivity index (χ2v) is 7.56. The van der Waals surface area contributed by atoms with Gasteiger partial charge in [-0.2, -0.15) is 5.26 Å². The van der Waals surface area contributed by atoms with Gasteiger partial charge in [-0.25, -0.2) is 0 Å². The molecular weight excluding hydrogens is 374 g/mol. The molecule has 0 aliphatic heterocycles. The van der Waals surface area contributed by atoms with Gasteiger partial charge in [-0.1, -0.05) is 78.9 Å². The Balaban J connectivity index is 1.56. The van der Waals surface area contributed by atoms with Gasteiger partial charge in [0, 0.05) is 16.2 Å². The number of ether oxygens (including phenoxy) is 1. The second-order valence-electron chi connectivity index (χ2n) is 6.51. The van der Waals surface area contributed by atoms with Crippen LogP contribution >= 0.6 is 11.8 Å². The number of hydrogen-bond acceptors (Lipinski definition) is 3. The van der Waals surface area contributed by atoms with Crippen LogP contribution in [0.2, 0.25) is 0 Å². The zero-order chi connectivity index (χ0) is 19.9. The van der Waals surface area contributed by atoms with Gasteiger partial charge in [0.05, 0.1) is 5.56 Å². The summed E-state index contributed by atoms with van der Waals surface area (Å²) in [5.74, 6) is 2.17. The highest BCUT2D eigenvalue weighted by atomic mass is 32.2. The van der Waals surface area contributed by atoms with Crippen molar-refractivity contribution in [3.05, 3.63) is 114 Å². The minimum Gasteiger partial charge on any atom is -0.455 e. The molecule has 0 saturated carbocycles. The summed E-state index contributed by atoms with van der Waals surface area (Å²) in [4.78, 5) is 1.05. The lowest BCUT2D eigenvalue weighted by atomic mass is 10.0. The predicted octanol–water partition coefficient (Wildman–Crippen LogP) is 7.31. The van der Waals surface area contributed by atoms with E-state index in [0.717, 1.165) is 27.5 Å². The first kappa shape index (κ1) is 18.9. The summed E-state index contributed by atoms with van der Waals surface area (Å²) in [5, 5.41) is 9.65. The number of rotatable bonds is 6. The highest BCUT2D eigenvalue weighted by Gasteiger charge is 2.11. The molecule has 0 radical (unpaired) electrons. The van der Waals surface area contributed by atoms with Crippen molar-refractivity contribution in [3.63, 3.8) is 0 Å². The Morgan fingerprint density at radius 1 is 0.724 bits per heavy atom. The molecule has 4 aromatic rings. The van der Waals surface area contributed by atoms with Crippen molar-refractivity contribution in [1.82, 2.24) is 0 Å². The van der Waals surface area contributed by atoms with Gasteiger partial charge in [0.1, 0.15) is 17.6 Å². The van der Waals surface area contributed by atoms with E-state index in [1.54, 1.807) is 11.8 Å². The van der Waals surface area contributed by atoms with E-state index in [9.17, 15) is 5.26 Å². The lowest BCUT2D eigenvalue weighted by molar-refractivity contribution is 0.482. The fourth-order valence-electron chi connectivity index (χ4n) is 3.05. The SMILES string of the molecule is N#Cc1cc(SCc2ccccc2)ccc1Oc1ccccc1-c1ccccc1. The summed E-state index contributed by atoms with van der Waals surface area (Å²) in [6.07, 6.45) is 0. The van der Waals surface area contributed by atoms with Crippen molar-refractivity contribution in [1.29, 1.82) is 5.26 Å². The van der Waals surface area contributed by atoms with E-state index < -0.39 is 0 Å². The Morgan fingerprint density at radius 3 is 2.17 bits per heavy atom. The van der Waals surface area contributed by atoms with Crippen LogP contribution in [0, 0.1) is 11.3 Å². The lowest BCUT2D eigenvalue weighted by Crippen LogP contribution is -1.91. The molecule has 140 valence electrons. The molecule has 0 spiro atoms. The van der Waals surface area contributed by atoms with Crippen LogP contribution in [0.4, 0.5) is 0 Å². The largest absolute Gasteiger partial charge is 0.455 e. The maximum absolute atomic E-state index is 9.65. The van der Waals surface area contributed by atoms with E-state index >= 15 is 0 Å². The minimum absolute atomic E-state index is 0.533. The first-order valence-corrected chi connectivity index (χ1v) is 10.4. The smallest absolute Gasteiger partial charge is 0.145 e. The molecule has 0 fully saturated rings. The van der Waals surface area contributed by atoms with Gasteiger partial charge in [0.15, 0.2) is 0 Å². The molecule has 3 heteroatoms. The van der Waals surface area contributed by atoms with Crippen LogP contribution in [0.3, 0.4) is 0 Å². The van der Waals surface area contributed by atoms with Crippen molar-refractivity contribution in [3.8, 4) is 28.7 Å². The summed E-state index contributed by atoms with van der Waals surface area (Å²) < 4.78 is 6.17. The van der Waals surface area contributed by atoms with Crippen molar-refractivity contribution in [2.24, 2.45) is 0 Å². The second kappa shape index (κ2) is 9.14. The highest BCUT2D eigenvalue weighted by molar-refractivity contribution is 7.98. The molecular formula is C26H19NOS. The molecule has 0 unspecified atom stereocenters. The molecule has 2 nitrogen and oxygen atoms in total.